The number of aromatic nitrogens is 2. The summed E-state index contributed by atoms with van der Waals surface area (Å²) in [6, 6.07) is 11.0. The van der Waals surface area contributed by atoms with Crippen LogP contribution in [0.3, 0.4) is 0 Å². The number of amides is 1. The zero-order chi connectivity index (χ0) is 24.9. The van der Waals surface area contributed by atoms with Gasteiger partial charge in [-0.05, 0) is 68.6 Å². The fraction of sp³-hybridized carbons (Fsp3) is 0.444. The zero-order valence-electron chi connectivity index (χ0n) is 20.6. The first-order valence-corrected chi connectivity index (χ1v) is 12.8. The van der Waals surface area contributed by atoms with Gasteiger partial charge < -0.3 is 19.8 Å². The van der Waals surface area contributed by atoms with Crippen LogP contribution in [0.15, 0.2) is 41.2 Å². The van der Waals surface area contributed by atoms with E-state index in [0.717, 1.165) is 24.8 Å². The molecule has 1 saturated carbocycles. The van der Waals surface area contributed by atoms with Crippen molar-refractivity contribution in [1.29, 1.82) is 0 Å². The number of H-pyrrole nitrogens is 1. The molecule has 4 rings (SSSR count). The number of rotatable bonds is 8. The summed E-state index contributed by atoms with van der Waals surface area (Å²) < 4.78 is 13.2. The first-order valence-electron chi connectivity index (χ1n) is 12.4. The van der Waals surface area contributed by atoms with Crippen LogP contribution in [0.2, 0.25) is 0 Å². The van der Waals surface area contributed by atoms with E-state index in [1.165, 1.54) is 11.0 Å². The number of aromatic amines is 1. The van der Waals surface area contributed by atoms with Gasteiger partial charge in [0.25, 0.3) is 11.5 Å². The van der Waals surface area contributed by atoms with Crippen LogP contribution in [0, 0.1) is 10.7 Å². The van der Waals surface area contributed by atoms with Crippen LogP contribution in [0.25, 0.3) is 10.9 Å². The predicted octanol–water partition coefficient (Wildman–Crippen LogP) is 5.21. The lowest BCUT2D eigenvalue weighted by Gasteiger charge is -2.29. The monoisotopic (exact) mass is 495 g/mol. The minimum atomic E-state index is -0.208. The van der Waals surface area contributed by atoms with Crippen LogP contribution in [-0.4, -0.2) is 34.7 Å². The van der Waals surface area contributed by atoms with E-state index < -0.39 is 0 Å². The summed E-state index contributed by atoms with van der Waals surface area (Å²) in [5.74, 6) is 1.55. The standard InChI is InChI=1S/C27H33N3O4S/c1-4-33-23-14-20-22(15-24(23)34-5-2)29-27(35)30(26(20)32)16-18-10-12-19(13-11-18)25(31)28-21-9-7-6-8-17(21)3/h10-15,17,21H,4-9,16H2,1-3H3,(H,28,31)(H,29,35). The molecule has 0 aliphatic heterocycles. The highest BCUT2D eigenvalue weighted by Crippen LogP contribution is 2.31. The maximum Gasteiger partial charge on any atom is 0.262 e. The van der Waals surface area contributed by atoms with Crippen molar-refractivity contribution in [3.8, 4) is 11.5 Å². The molecule has 0 spiro atoms. The van der Waals surface area contributed by atoms with Crippen molar-refractivity contribution >= 4 is 29.0 Å². The average molecular weight is 496 g/mol. The molecule has 1 amide bonds. The highest BCUT2D eigenvalue weighted by Gasteiger charge is 2.23. The van der Waals surface area contributed by atoms with Gasteiger partial charge in [0, 0.05) is 17.7 Å². The Labute approximate surface area is 210 Å². The Morgan fingerprint density at radius 3 is 2.40 bits per heavy atom. The molecule has 2 unspecified atom stereocenters. The SMILES string of the molecule is CCOc1cc2[nH]c(=S)n(Cc3ccc(C(=O)NC4CCCCC4C)cc3)c(=O)c2cc1OCC. The molecule has 8 heteroatoms. The number of benzene rings is 2. The highest BCUT2D eigenvalue weighted by atomic mass is 32.1. The summed E-state index contributed by atoms with van der Waals surface area (Å²) in [6.07, 6.45) is 4.59. The van der Waals surface area contributed by atoms with Gasteiger partial charge in [-0.1, -0.05) is 31.9 Å². The Kier molecular flexibility index (Phi) is 7.90. The van der Waals surface area contributed by atoms with Crippen LogP contribution >= 0.6 is 12.2 Å². The Hall–Kier alpha value is -3.13. The summed E-state index contributed by atoms with van der Waals surface area (Å²) in [5.41, 5.74) is 1.89. The second-order valence-corrected chi connectivity index (χ2v) is 9.46. The van der Waals surface area contributed by atoms with Crippen LogP contribution in [-0.2, 0) is 6.54 Å². The molecule has 1 fully saturated rings. The van der Waals surface area contributed by atoms with E-state index in [1.807, 2.05) is 26.0 Å². The molecule has 186 valence electrons. The van der Waals surface area contributed by atoms with Crippen molar-refractivity contribution in [3.63, 3.8) is 0 Å². The number of nitrogens with zero attached hydrogens (tertiary/aromatic N) is 1. The topological polar surface area (TPSA) is 85.4 Å². The van der Waals surface area contributed by atoms with Gasteiger partial charge in [-0.25, -0.2) is 0 Å². The molecule has 2 N–H and O–H groups in total. The Morgan fingerprint density at radius 1 is 1.09 bits per heavy atom. The third-order valence-electron chi connectivity index (χ3n) is 6.63. The molecule has 0 bridgehead atoms. The smallest absolute Gasteiger partial charge is 0.262 e. The number of fused-ring (bicyclic) bond motifs is 1. The van der Waals surface area contributed by atoms with E-state index in [2.05, 4.69) is 17.2 Å². The Bertz CT molecular complexity index is 1310. The van der Waals surface area contributed by atoms with Gasteiger partial charge in [-0.15, -0.1) is 0 Å². The number of ether oxygens (including phenoxy) is 2. The first-order chi connectivity index (χ1) is 16.9. The minimum Gasteiger partial charge on any atom is -0.490 e. The molecule has 2 aromatic carbocycles. The molecule has 0 saturated heterocycles. The minimum absolute atomic E-state index is 0.0518. The number of hydrogen-bond acceptors (Lipinski definition) is 5. The normalized spacial score (nSPS) is 17.8. The fourth-order valence-electron chi connectivity index (χ4n) is 4.67. The van der Waals surface area contributed by atoms with Gasteiger partial charge in [0.15, 0.2) is 16.3 Å². The molecule has 1 aromatic heterocycles. The van der Waals surface area contributed by atoms with Gasteiger partial charge in [0.2, 0.25) is 0 Å². The maximum atomic E-state index is 13.3. The fourth-order valence-corrected chi connectivity index (χ4v) is 4.92. The molecular formula is C27H33N3O4S. The van der Waals surface area contributed by atoms with E-state index >= 15 is 0 Å². The van der Waals surface area contributed by atoms with Crippen LogP contribution in [0.1, 0.15) is 62.4 Å². The maximum absolute atomic E-state index is 13.3. The second-order valence-electron chi connectivity index (χ2n) is 9.07. The largest absolute Gasteiger partial charge is 0.490 e. The average Bonchev–Trinajstić information content (AvgIpc) is 2.85. The van der Waals surface area contributed by atoms with E-state index in [9.17, 15) is 9.59 Å². The van der Waals surface area contributed by atoms with Crippen LogP contribution in [0.4, 0.5) is 0 Å². The molecule has 35 heavy (non-hydrogen) atoms. The van der Waals surface area contributed by atoms with Crippen molar-refractivity contribution in [1.82, 2.24) is 14.9 Å². The van der Waals surface area contributed by atoms with E-state index in [4.69, 9.17) is 21.7 Å². The predicted molar refractivity (Wildman–Crippen MR) is 140 cm³/mol. The molecule has 2 atom stereocenters. The van der Waals surface area contributed by atoms with Gasteiger partial charge >= 0.3 is 0 Å². The van der Waals surface area contributed by atoms with Gasteiger partial charge in [0.05, 0.1) is 30.7 Å². The zero-order valence-corrected chi connectivity index (χ0v) is 21.4. The number of hydrogen-bond donors (Lipinski definition) is 2. The van der Waals surface area contributed by atoms with Gasteiger partial charge in [-0.2, -0.15) is 0 Å². The molecule has 3 aromatic rings. The molecule has 0 radical (unpaired) electrons. The molecular weight excluding hydrogens is 462 g/mol. The molecule has 1 heterocycles. The lowest BCUT2D eigenvalue weighted by molar-refractivity contribution is 0.0910. The summed E-state index contributed by atoms with van der Waals surface area (Å²) in [6.45, 7) is 7.22. The Morgan fingerprint density at radius 2 is 1.74 bits per heavy atom. The number of carbonyl (C=O) groups excluding carboxylic acids is 1. The van der Waals surface area contributed by atoms with Crippen molar-refractivity contribution in [3.05, 3.63) is 62.6 Å². The third kappa shape index (κ3) is 5.59. The van der Waals surface area contributed by atoms with Crippen molar-refractivity contribution in [2.45, 2.75) is 59.0 Å². The van der Waals surface area contributed by atoms with E-state index in [-0.39, 0.29) is 17.5 Å². The van der Waals surface area contributed by atoms with Crippen LogP contribution in [0.5, 0.6) is 11.5 Å². The lowest BCUT2D eigenvalue weighted by Crippen LogP contribution is -2.41. The van der Waals surface area contributed by atoms with E-state index in [0.29, 0.717) is 58.4 Å². The molecule has 1 aliphatic carbocycles. The van der Waals surface area contributed by atoms with Crippen LogP contribution < -0.4 is 20.3 Å². The van der Waals surface area contributed by atoms with Gasteiger partial charge in [-0.3, -0.25) is 14.2 Å². The van der Waals surface area contributed by atoms with Crippen molar-refractivity contribution in [2.75, 3.05) is 13.2 Å². The van der Waals surface area contributed by atoms with Crippen molar-refractivity contribution in [2.24, 2.45) is 5.92 Å². The van der Waals surface area contributed by atoms with Gasteiger partial charge in [0.1, 0.15) is 0 Å². The molecule has 7 nitrogen and oxygen atoms in total. The summed E-state index contributed by atoms with van der Waals surface area (Å²) in [4.78, 5) is 29.2. The first kappa shape index (κ1) is 25.0. The highest BCUT2D eigenvalue weighted by molar-refractivity contribution is 7.71. The Balaban J connectivity index is 1.57. The molecule has 1 aliphatic rings. The van der Waals surface area contributed by atoms with Crippen molar-refractivity contribution < 1.29 is 14.3 Å². The van der Waals surface area contributed by atoms with E-state index in [1.54, 1.807) is 24.3 Å². The summed E-state index contributed by atoms with van der Waals surface area (Å²) >= 11 is 5.50. The lowest BCUT2D eigenvalue weighted by atomic mass is 9.86. The number of carbonyl (C=O) groups is 1. The summed E-state index contributed by atoms with van der Waals surface area (Å²) in [7, 11) is 0. The quantitative estimate of drug-likeness (QED) is 0.419. The summed E-state index contributed by atoms with van der Waals surface area (Å²) in [5, 5.41) is 3.66. The third-order valence-corrected chi connectivity index (χ3v) is 6.95. The second kappa shape index (κ2) is 11.1. The number of nitrogens with one attached hydrogen (secondary N) is 2.